The maximum atomic E-state index is 2.64. The molecule has 6 rings (SSSR count). The minimum atomic E-state index is 0.651. The van der Waals surface area contributed by atoms with E-state index in [1.54, 1.807) is 0 Å². The summed E-state index contributed by atoms with van der Waals surface area (Å²) in [5, 5.41) is 0. The summed E-state index contributed by atoms with van der Waals surface area (Å²) in [5.41, 5.74) is 1.30. The maximum absolute atomic E-state index is 2.64. The first-order valence-electron chi connectivity index (χ1n) is 10.2. The van der Waals surface area contributed by atoms with Gasteiger partial charge >= 0.3 is 0 Å². The van der Waals surface area contributed by atoms with Crippen LogP contribution < -0.4 is 0 Å². The van der Waals surface area contributed by atoms with Gasteiger partial charge in [-0.1, -0.05) is 72.8 Å². The van der Waals surface area contributed by atoms with E-state index in [2.05, 4.69) is 48.4 Å². The van der Waals surface area contributed by atoms with E-state index in [0.29, 0.717) is 10.8 Å². The maximum Gasteiger partial charge on any atom is 0.143 e. The molecule has 6 aliphatic rings. The summed E-state index contributed by atoms with van der Waals surface area (Å²) >= 11 is 0. The van der Waals surface area contributed by atoms with Crippen molar-refractivity contribution in [3.05, 3.63) is 0 Å². The van der Waals surface area contributed by atoms with Crippen LogP contribution in [0.1, 0.15) is 67.2 Å². The SMILES string of the molecule is CB([C@@H]1C[C@@H]2C[C@H]([C@H]1C)C2(C)C)[C@@H]1C[C@@H]2C[C@H]([C@H]1C)C2(C)C. The Kier molecular flexibility index (Phi) is 3.24. The molecule has 4 bridgehead atoms. The van der Waals surface area contributed by atoms with Gasteiger partial charge in [0.1, 0.15) is 6.71 Å². The molecule has 6 saturated carbocycles. The van der Waals surface area contributed by atoms with Crippen LogP contribution in [0.5, 0.6) is 0 Å². The van der Waals surface area contributed by atoms with Crippen LogP contribution in [-0.2, 0) is 0 Å². The van der Waals surface area contributed by atoms with E-state index in [0.717, 1.165) is 53.9 Å². The summed E-state index contributed by atoms with van der Waals surface area (Å²) in [6.07, 6.45) is 6.15. The third-order valence-electron chi connectivity index (χ3n) is 10.2. The fraction of sp³-hybridized carbons (Fsp3) is 1.00. The highest BCUT2D eigenvalue weighted by atomic mass is 14.6. The van der Waals surface area contributed by atoms with Gasteiger partial charge in [-0.3, -0.25) is 0 Å². The molecule has 22 heavy (non-hydrogen) atoms. The molecule has 8 atom stereocenters. The fourth-order valence-corrected chi connectivity index (χ4v) is 8.08. The monoisotopic (exact) mass is 300 g/mol. The zero-order valence-corrected chi connectivity index (χ0v) is 16.0. The van der Waals surface area contributed by atoms with Crippen molar-refractivity contribution in [1.82, 2.24) is 0 Å². The predicted molar refractivity (Wildman–Crippen MR) is 97.4 cm³/mol. The van der Waals surface area contributed by atoms with Gasteiger partial charge in [-0.15, -0.1) is 0 Å². The van der Waals surface area contributed by atoms with E-state index in [4.69, 9.17) is 0 Å². The molecule has 0 amide bonds. The van der Waals surface area contributed by atoms with Gasteiger partial charge in [0.25, 0.3) is 0 Å². The molecule has 0 spiro atoms. The minimum absolute atomic E-state index is 0.651. The van der Waals surface area contributed by atoms with E-state index >= 15 is 0 Å². The molecule has 0 radical (unpaired) electrons. The number of hydrogen-bond donors (Lipinski definition) is 0. The predicted octanol–water partition coefficient (Wildman–Crippen LogP) is 6.26. The lowest BCUT2D eigenvalue weighted by Gasteiger charge is -2.66. The van der Waals surface area contributed by atoms with Gasteiger partial charge in [0.15, 0.2) is 0 Å². The summed E-state index contributed by atoms with van der Waals surface area (Å²) in [6.45, 7) is 19.0. The lowest BCUT2D eigenvalue weighted by molar-refractivity contribution is -0.107. The molecule has 0 N–H and O–H groups in total. The van der Waals surface area contributed by atoms with Crippen LogP contribution in [0.4, 0.5) is 0 Å². The van der Waals surface area contributed by atoms with Crippen LogP contribution in [0.25, 0.3) is 0 Å². The third-order valence-corrected chi connectivity index (χ3v) is 10.2. The van der Waals surface area contributed by atoms with Crippen LogP contribution >= 0.6 is 0 Å². The molecule has 0 heterocycles. The van der Waals surface area contributed by atoms with Gasteiger partial charge < -0.3 is 0 Å². The molecule has 0 aromatic carbocycles. The smallest absolute Gasteiger partial charge is 0.0856 e. The van der Waals surface area contributed by atoms with Crippen molar-refractivity contribution in [1.29, 1.82) is 0 Å². The van der Waals surface area contributed by atoms with Crippen molar-refractivity contribution >= 4 is 6.71 Å². The highest BCUT2D eigenvalue weighted by molar-refractivity contribution is 6.61. The average molecular weight is 300 g/mol. The number of rotatable bonds is 2. The van der Waals surface area contributed by atoms with Crippen molar-refractivity contribution in [3.63, 3.8) is 0 Å². The molecule has 124 valence electrons. The Morgan fingerprint density at radius 3 is 1.32 bits per heavy atom. The van der Waals surface area contributed by atoms with Gasteiger partial charge in [-0.2, -0.15) is 0 Å². The summed E-state index contributed by atoms with van der Waals surface area (Å²) < 4.78 is 0. The Morgan fingerprint density at radius 1 is 0.682 bits per heavy atom. The Morgan fingerprint density at radius 2 is 1.05 bits per heavy atom. The molecule has 0 aliphatic heterocycles. The van der Waals surface area contributed by atoms with E-state index < -0.39 is 0 Å². The van der Waals surface area contributed by atoms with E-state index in [-0.39, 0.29) is 0 Å². The Bertz CT molecular complexity index is 423. The molecule has 0 nitrogen and oxygen atoms in total. The van der Waals surface area contributed by atoms with Crippen LogP contribution in [0.3, 0.4) is 0 Å². The molecule has 6 aliphatic carbocycles. The zero-order chi connectivity index (χ0) is 16.0. The molecule has 0 aromatic heterocycles. The number of fused-ring (bicyclic) bond motifs is 4. The molecular weight excluding hydrogens is 263 g/mol. The molecule has 1 heteroatoms. The Labute approximate surface area is 139 Å². The van der Waals surface area contributed by atoms with Crippen molar-refractivity contribution in [2.45, 2.75) is 85.7 Å². The summed E-state index contributed by atoms with van der Waals surface area (Å²) in [7, 11) is 0. The quantitative estimate of drug-likeness (QED) is 0.528. The van der Waals surface area contributed by atoms with Gasteiger partial charge in [-0.05, 0) is 59.2 Å². The lowest BCUT2D eigenvalue weighted by Crippen LogP contribution is -2.59. The van der Waals surface area contributed by atoms with Crippen LogP contribution in [0.15, 0.2) is 0 Å². The van der Waals surface area contributed by atoms with Gasteiger partial charge in [0.05, 0.1) is 0 Å². The number of hydrogen-bond acceptors (Lipinski definition) is 0. The minimum Gasteiger partial charge on any atom is -0.0856 e. The summed E-state index contributed by atoms with van der Waals surface area (Å²) in [4.78, 5) is 0. The van der Waals surface area contributed by atoms with Crippen molar-refractivity contribution in [2.75, 3.05) is 0 Å². The summed E-state index contributed by atoms with van der Waals surface area (Å²) in [5.74, 6) is 8.07. The van der Waals surface area contributed by atoms with Gasteiger partial charge in [0, 0.05) is 0 Å². The molecular formula is C21H37B. The molecule has 0 unspecified atom stereocenters. The zero-order valence-electron chi connectivity index (χ0n) is 16.0. The second-order valence-electron chi connectivity index (χ2n) is 11.1. The Hall–Kier alpha value is 0.0649. The summed E-state index contributed by atoms with van der Waals surface area (Å²) in [6, 6.07) is 0. The molecule has 0 saturated heterocycles. The van der Waals surface area contributed by atoms with Gasteiger partial charge in [-0.25, -0.2) is 0 Å². The molecule has 0 aromatic rings. The van der Waals surface area contributed by atoms with Crippen LogP contribution in [0.2, 0.25) is 18.5 Å². The van der Waals surface area contributed by atoms with Gasteiger partial charge in [0.2, 0.25) is 0 Å². The lowest BCUT2D eigenvalue weighted by atomic mass is 9.22. The largest absolute Gasteiger partial charge is 0.143 e. The second kappa shape index (κ2) is 4.57. The van der Waals surface area contributed by atoms with E-state index in [9.17, 15) is 0 Å². The van der Waals surface area contributed by atoms with Crippen molar-refractivity contribution in [2.24, 2.45) is 46.3 Å². The highest BCUT2D eigenvalue weighted by Crippen LogP contribution is 2.69. The first kappa shape index (κ1) is 15.6. The topological polar surface area (TPSA) is 0 Å². The fourth-order valence-electron chi connectivity index (χ4n) is 8.08. The normalized spacial score (nSPS) is 54.1. The first-order chi connectivity index (χ1) is 10.2. The molecule has 6 fully saturated rings. The first-order valence-corrected chi connectivity index (χ1v) is 10.2. The van der Waals surface area contributed by atoms with Crippen LogP contribution in [0, 0.1) is 46.3 Å². The highest BCUT2D eigenvalue weighted by Gasteiger charge is 2.61. The standard InChI is InChI=1S/C21H37B/c1-12-16-8-14(20(16,3)4)10-18(12)22(7)19-11-15-9-17(13(19)2)21(15,5)6/h12-19H,8-11H2,1-7H3/t12-,13-,14+,15+,16-,17-,18-,19-/m1/s1. The van der Waals surface area contributed by atoms with E-state index in [1.807, 2.05) is 0 Å². The van der Waals surface area contributed by atoms with E-state index in [1.165, 1.54) is 25.7 Å². The average Bonchev–Trinajstić information content (AvgIpc) is 2.45. The van der Waals surface area contributed by atoms with Crippen molar-refractivity contribution in [3.8, 4) is 0 Å². The Balaban J connectivity index is 1.49. The van der Waals surface area contributed by atoms with Crippen molar-refractivity contribution < 1.29 is 0 Å². The van der Waals surface area contributed by atoms with Crippen LogP contribution in [-0.4, -0.2) is 6.71 Å². The second-order valence-corrected chi connectivity index (χ2v) is 11.1. The third kappa shape index (κ3) is 1.78.